The van der Waals surface area contributed by atoms with Gasteiger partial charge in [0.05, 0.1) is 5.56 Å². The molecule has 2 rings (SSSR count). The van der Waals surface area contributed by atoms with Crippen molar-refractivity contribution in [2.75, 3.05) is 6.54 Å². The molecule has 0 spiro atoms. The number of carboxylic acids is 1. The number of carboxylic acid groups (broad SMARTS) is 1. The van der Waals surface area contributed by atoms with Crippen molar-refractivity contribution in [1.29, 1.82) is 0 Å². The quantitative estimate of drug-likeness (QED) is 0.713. The molecule has 1 heterocycles. The first-order valence-corrected chi connectivity index (χ1v) is 5.42. The summed E-state index contributed by atoms with van der Waals surface area (Å²) in [4.78, 5) is 25.1. The van der Waals surface area contributed by atoms with Crippen LogP contribution >= 0.6 is 0 Å². The number of carbonyl (C=O) groups is 2. The number of aromatic amines is 1. The van der Waals surface area contributed by atoms with Gasteiger partial charge in [0.2, 0.25) is 0 Å². The maximum absolute atomic E-state index is 11.9. The minimum absolute atomic E-state index is 0.185. The summed E-state index contributed by atoms with van der Waals surface area (Å²) in [5.41, 5.74) is 1.44. The SMILES string of the molecule is O=C(O)/C=C/CNC(=O)c1c[nH]c2ccccc12. The molecule has 0 aliphatic carbocycles. The number of fused-ring (bicyclic) bond motifs is 1. The third-order valence-corrected chi connectivity index (χ3v) is 2.47. The van der Waals surface area contributed by atoms with Crippen molar-refractivity contribution in [3.63, 3.8) is 0 Å². The molecular formula is C13H12N2O3. The predicted octanol–water partition coefficient (Wildman–Crippen LogP) is 1.54. The molecule has 1 amide bonds. The van der Waals surface area contributed by atoms with Crippen LogP contribution in [0.1, 0.15) is 10.4 Å². The topological polar surface area (TPSA) is 82.2 Å². The van der Waals surface area contributed by atoms with Crippen LogP contribution in [0, 0.1) is 0 Å². The Balaban J connectivity index is 2.07. The molecule has 0 aliphatic rings. The van der Waals surface area contributed by atoms with Gasteiger partial charge in [-0.05, 0) is 6.07 Å². The Morgan fingerprint density at radius 1 is 1.33 bits per heavy atom. The smallest absolute Gasteiger partial charge is 0.328 e. The lowest BCUT2D eigenvalue weighted by Gasteiger charge is -2.00. The van der Waals surface area contributed by atoms with Crippen LogP contribution < -0.4 is 5.32 Å². The number of H-pyrrole nitrogens is 1. The minimum atomic E-state index is -1.03. The molecule has 0 saturated carbocycles. The van der Waals surface area contributed by atoms with E-state index in [0.29, 0.717) is 5.56 Å². The van der Waals surface area contributed by atoms with Crippen LogP contribution in [0.15, 0.2) is 42.6 Å². The third kappa shape index (κ3) is 2.57. The van der Waals surface area contributed by atoms with Gasteiger partial charge < -0.3 is 15.4 Å². The summed E-state index contributed by atoms with van der Waals surface area (Å²) in [6.07, 6.45) is 4.02. The second-order valence-electron chi connectivity index (χ2n) is 3.70. The van der Waals surface area contributed by atoms with Crippen LogP contribution in [0.5, 0.6) is 0 Å². The highest BCUT2D eigenvalue weighted by molar-refractivity contribution is 6.06. The summed E-state index contributed by atoms with van der Waals surface area (Å²) in [5, 5.41) is 11.9. The lowest BCUT2D eigenvalue weighted by Crippen LogP contribution is -2.23. The van der Waals surface area contributed by atoms with Crippen molar-refractivity contribution in [3.05, 3.63) is 48.2 Å². The second kappa shape index (κ2) is 5.18. The number of hydrogen-bond donors (Lipinski definition) is 3. The molecule has 0 aliphatic heterocycles. The Morgan fingerprint density at radius 2 is 2.11 bits per heavy atom. The minimum Gasteiger partial charge on any atom is -0.478 e. The Kier molecular flexibility index (Phi) is 3.43. The number of hydrogen-bond acceptors (Lipinski definition) is 2. The van der Waals surface area contributed by atoms with E-state index in [1.807, 2.05) is 24.3 Å². The molecule has 1 aromatic carbocycles. The second-order valence-corrected chi connectivity index (χ2v) is 3.70. The van der Waals surface area contributed by atoms with Crippen LogP contribution in [0.2, 0.25) is 0 Å². The molecule has 0 bridgehead atoms. The van der Waals surface area contributed by atoms with E-state index >= 15 is 0 Å². The Bertz CT molecular complexity index is 613. The zero-order valence-electron chi connectivity index (χ0n) is 9.51. The molecule has 0 fully saturated rings. The fourth-order valence-electron chi connectivity index (χ4n) is 1.67. The van der Waals surface area contributed by atoms with Crippen molar-refractivity contribution in [2.45, 2.75) is 0 Å². The van der Waals surface area contributed by atoms with Gasteiger partial charge in [0.25, 0.3) is 5.91 Å². The normalized spacial score (nSPS) is 10.9. The number of aromatic nitrogens is 1. The average molecular weight is 244 g/mol. The number of rotatable bonds is 4. The Hall–Kier alpha value is -2.56. The summed E-state index contributed by atoms with van der Waals surface area (Å²) >= 11 is 0. The van der Waals surface area contributed by atoms with E-state index in [4.69, 9.17) is 5.11 Å². The van der Waals surface area contributed by atoms with Crippen LogP contribution in [-0.4, -0.2) is 28.5 Å². The number of carbonyl (C=O) groups excluding carboxylic acids is 1. The zero-order chi connectivity index (χ0) is 13.0. The van der Waals surface area contributed by atoms with Gasteiger partial charge in [-0.15, -0.1) is 0 Å². The van der Waals surface area contributed by atoms with E-state index in [0.717, 1.165) is 17.0 Å². The molecule has 18 heavy (non-hydrogen) atoms. The lowest BCUT2D eigenvalue weighted by molar-refractivity contribution is -0.131. The van der Waals surface area contributed by atoms with E-state index in [1.165, 1.54) is 6.08 Å². The number of benzene rings is 1. The largest absolute Gasteiger partial charge is 0.478 e. The number of amides is 1. The molecule has 5 heteroatoms. The first-order valence-electron chi connectivity index (χ1n) is 5.42. The monoisotopic (exact) mass is 244 g/mol. The van der Waals surface area contributed by atoms with E-state index in [-0.39, 0.29) is 12.5 Å². The molecule has 2 aromatic rings. The molecule has 92 valence electrons. The van der Waals surface area contributed by atoms with Gasteiger partial charge in [-0.1, -0.05) is 24.3 Å². The number of para-hydroxylation sites is 1. The highest BCUT2D eigenvalue weighted by Gasteiger charge is 2.09. The van der Waals surface area contributed by atoms with Crippen molar-refractivity contribution in [1.82, 2.24) is 10.3 Å². The molecule has 5 nitrogen and oxygen atoms in total. The molecule has 3 N–H and O–H groups in total. The molecular weight excluding hydrogens is 232 g/mol. The first-order chi connectivity index (χ1) is 8.68. The molecule has 0 saturated heterocycles. The maximum atomic E-state index is 11.9. The Morgan fingerprint density at radius 3 is 2.89 bits per heavy atom. The van der Waals surface area contributed by atoms with Crippen molar-refractivity contribution >= 4 is 22.8 Å². The lowest BCUT2D eigenvalue weighted by atomic mass is 10.1. The van der Waals surface area contributed by atoms with Gasteiger partial charge in [0.1, 0.15) is 0 Å². The molecule has 0 atom stereocenters. The molecule has 1 aromatic heterocycles. The summed E-state index contributed by atoms with van der Waals surface area (Å²) in [6, 6.07) is 7.48. The highest BCUT2D eigenvalue weighted by atomic mass is 16.4. The van der Waals surface area contributed by atoms with Gasteiger partial charge in [0, 0.05) is 29.7 Å². The van der Waals surface area contributed by atoms with Crippen molar-refractivity contribution in [3.8, 4) is 0 Å². The van der Waals surface area contributed by atoms with Crippen LogP contribution in [0.25, 0.3) is 10.9 Å². The van der Waals surface area contributed by atoms with E-state index in [1.54, 1.807) is 6.20 Å². The van der Waals surface area contributed by atoms with E-state index in [9.17, 15) is 9.59 Å². The van der Waals surface area contributed by atoms with Crippen LogP contribution in [0.4, 0.5) is 0 Å². The fourth-order valence-corrected chi connectivity index (χ4v) is 1.67. The van der Waals surface area contributed by atoms with Crippen molar-refractivity contribution in [2.24, 2.45) is 0 Å². The van der Waals surface area contributed by atoms with Gasteiger partial charge >= 0.3 is 5.97 Å². The summed E-state index contributed by atoms with van der Waals surface area (Å²) < 4.78 is 0. The number of aliphatic carboxylic acids is 1. The van der Waals surface area contributed by atoms with Gasteiger partial charge in [-0.3, -0.25) is 4.79 Å². The van der Waals surface area contributed by atoms with Gasteiger partial charge in [-0.2, -0.15) is 0 Å². The third-order valence-electron chi connectivity index (χ3n) is 2.47. The summed E-state index contributed by atoms with van der Waals surface area (Å²) in [5.74, 6) is -1.26. The van der Waals surface area contributed by atoms with Gasteiger partial charge in [0.15, 0.2) is 0 Å². The fraction of sp³-hybridized carbons (Fsp3) is 0.0769. The zero-order valence-corrected chi connectivity index (χ0v) is 9.51. The summed E-state index contributed by atoms with van der Waals surface area (Å²) in [7, 11) is 0. The van der Waals surface area contributed by atoms with Crippen LogP contribution in [-0.2, 0) is 4.79 Å². The standard InChI is InChI=1S/C13H12N2O3/c16-12(17)6-3-7-14-13(18)10-8-15-11-5-2-1-4-9(10)11/h1-6,8,15H,7H2,(H,14,18)(H,16,17)/b6-3+. The number of nitrogens with one attached hydrogen (secondary N) is 2. The first kappa shape index (κ1) is 11.9. The van der Waals surface area contributed by atoms with Crippen molar-refractivity contribution < 1.29 is 14.7 Å². The Labute approximate surface area is 103 Å². The van der Waals surface area contributed by atoms with Crippen LogP contribution in [0.3, 0.4) is 0 Å². The van der Waals surface area contributed by atoms with E-state index in [2.05, 4.69) is 10.3 Å². The van der Waals surface area contributed by atoms with E-state index < -0.39 is 5.97 Å². The maximum Gasteiger partial charge on any atom is 0.328 e. The predicted molar refractivity (Wildman–Crippen MR) is 67.4 cm³/mol. The highest BCUT2D eigenvalue weighted by Crippen LogP contribution is 2.17. The average Bonchev–Trinajstić information content (AvgIpc) is 2.78. The summed E-state index contributed by atoms with van der Waals surface area (Å²) in [6.45, 7) is 0.185. The molecule has 0 unspecified atom stereocenters. The molecule has 0 radical (unpaired) electrons. The van der Waals surface area contributed by atoms with Gasteiger partial charge in [-0.25, -0.2) is 4.79 Å².